The van der Waals surface area contributed by atoms with Crippen molar-refractivity contribution in [3.8, 4) is 11.3 Å². The number of aromatic carboxylic acids is 1. The van der Waals surface area contributed by atoms with Crippen LogP contribution in [0.3, 0.4) is 0 Å². The molecule has 10 nitrogen and oxygen atoms in total. The second-order valence-electron chi connectivity index (χ2n) is 8.00. The van der Waals surface area contributed by atoms with Gasteiger partial charge < -0.3 is 19.7 Å². The maximum absolute atomic E-state index is 13.0. The zero-order valence-corrected chi connectivity index (χ0v) is 18.8. The predicted molar refractivity (Wildman–Crippen MR) is 123 cm³/mol. The first kappa shape index (κ1) is 22.9. The number of amides is 1. The van der Waals surface area contributed by atoms with Crippen molar-refractivity contribution < 1.29 is 19.1 Å². The normalized spacial score (nSPS) is 12.0. The number of furan rings is 1. The number of rotatable bonds is 9. The van der Waals surface area contributed by atoms with Gasteiger partial charge >= 0.3 is 5.97 Å². The lowest BCUT2D eigenvalue weighted by molar-refractivity contribution is 0.0659. The smallest absolute Gasteiger partial charge is 0.371 e. The molecule has 0 radical (unpaired) electrons. The number of likely N-dealkylation sites (N-methyl/N-ethyl adjacent to an activating group) is 1. The van der Waals surface area contributed by atoms with Crippen LogP contribution in [0, 0.1) is 0 Å². The fraction of sp³-hybridized carbons (Fsp3) is 0.208. The molecule has 10 heteroatoms. The number of carboxylic acid groups (broad SMARTS) is 1. The first-order valence-electron chi connectivity index (χ1n) is 10.6. The van der Waals surface area contributed by atoms with Crippen molar-refractivity contribution >= 4 is 11.9 Å². The molecule has 0 aliphatic rings. The Morgan fingerprint density at radius 1 is 1.15 bits per heavy atom. The molecule has 0 aliphatic heterocycles. The van der Waals surface area contributed by atoms with Crippen molar-refractivity contribution in [3.05, 3.63) is 89.8 Å². The highest BCUT2D eigenvalue weighted by Crippen LogP contribution is 2.19. The third kappa shape index (κ3) is 5.54. The summed E-state index contributed by atoms with van der Waals surface area (Å²) in [6.45, 7) is 0.863. The molecule has 0 saturated heterocycles. The average molecular weight is 460 g/mol. The minimum atomic E-state index is -1.13. The molecule has 1 aromatic carbocycles. The van der Waals surface area contributed by atoms with Gasteiger partial charge in [0.1, 0.15) is 23.7 Å². The van der Waals surface area contributed by atoms with Gasteiger partial charge in [-0.3, -0.25) is 9.78 Å². The molecule has 0 saturated carbocycles. The van der Waals surface area contributed by atoms with Gasteiger partial charge in [-0.05, 0) is 43.9 Å². The average Bonchev–Trinajstić information content (AvgIpc) is 3.49. The number of benzene rings is 1. The molecule has 174 valence electrons. The van der Waals surface area contributed by atoms with Gasteiger partial charge in [0.2, 0.25) is 5.76 Å². The molecule has 0 bridgehead atoms. The highest BCUT2D eigenvalue weighted by atomic mass is 16.4. The standard InChI is InChI=1S/C24H24N6O4/c1-29(2)14-20(16-6-4-3-5-7-16)26-23(31)19-12-17(10-11-25-19)21-15-30(28-27-21)13-18-8-9-22(34-18)24(32)33/h3-12,15,20H,13-14H2,1-2H3,(H,26,31)(H,32,33)/t20-/m1/s1. The summed E-state index contributed by atoms with van der Waals surface area (Å²) in [7, 11) is 3.91. The number of carbonyl (C=O) groups is 2. The zero-order valence-electron chi connectivity index (χ0n) is 18.8. The minimum absolute atomic E-state index is 0.136. The molecule has 4 rings (SSSR count). The third-order valence-electron chi connectivity index (χ3n) is 5.07. The largest absolute Gasteiger partial charge is 0.475 e. The molecule has 4 aromatic rings. The minimum Gasteiger partial charge on any atom is -0.475 e. The van der Waals surface area contributed by atoms with E-state index in [1.165, 1.54) is 10.7 Å². The predicted octanol–water partition coefficient (Wildman–Crippen LogP) is 2.71. The molecule has 3 aromatic heterocycles. The van der Waals surface area contributed by atoms with E-state index in [4.69, 9.17) is 9.52 Å². The van der Waals surface area contributed by atoms with E-state index in [-0.39, 0.29) is 29.9 Å². The second kappa shape index (κ2) is 10.1. The maximum Gasteiger partial charge on any atom is 0.371 e. The van der Waals surface area contributed by atoms with E-state index >= 15 is 0 Å². The number of carboxylic acids is 1. The summed E-state index contributed by atoms with van der Waals surface area (Å²) < 4.78 is 6.79. The van der Waals surface area contributed by atoms with Crippen molar-refractivity contribution in [3.63, 3.8) is 0 Å². The van der Waals surface area contributed by atoms with Gasteiger partial charge in [-0.25, -0.2) is 9.48 Å². The second-order valence-corrected chi connectivity index (χ2v) is 8.00. The van der Waals surface area contributed by atoms with Gasteiger partial charge in [-0.1, -0.05) is 35.5 Å². The Bertz CT molecular complexity index is 1280. The lowest BCUT2D eigenvalue weighted by atomic mass is 10.1. The van der Waals surface area contributed by atoms with Crippen LogP contribution < -0.4 is 5.32 Å². The topological polar surface area (TPSA) is 126 Å². The molecule has 3 heterocycles. The maximum atomic E-state index is 13.0. The Balaban J connectivity index is 1.49. The fourth-order valence-electron chi connectivity index (χ4n) is 3.48. The third-order valence-corrected chi connectivity index (χ3v) is 5.07. The number of aromatic nitrogens is 4. The number of hydrogen-bond donors (Lipinski definition) is 2. The van der Waals surface area contributed by atoms with E-state index in [1.54, 1.807) is 30.6 Å². The van der Waals surface area contributed by atoms with E-state index in [0.29, 0.717) is 23.6 Å². The summed E-state index contributed by atoms with van der Waals surface area (Å²) in [5.74, 6) is -1.12. The highest BCUT2D eigenvalue weighted by Gasteiger charge is 2.18. The highest BCUT2D eigenvalue weighted by molar-refractivity contribution is 5.93. The van der Waals surface area contributed by atoms with Crippen molar-refractivity contribution in [2.75, 3.05) is 20.6 Å². The Kier molecular flexibility index (Phi) is 6.79. The number of hydrogen-bond acceptors (Lipinski definition) is 7. The molecule has 2 N–H and O–H groups in total. The number of carbonyl (C=O) groups excluding carboxylic acids is 1. The quantitative estimate of drug-likeness (QED) is 0.390. The molecule has 1 amide bonds. The van der Waals surface area contributed by atoms with Gasteiger partial charge in [0, 0.05) is 18.3 Å². The Labute approximate surface area is 195 Å². The SMILES string of the molecule is CN(C)C[C@@H](NC(=O)c1cc(-c2cn(Cc3ccc(C(=O)O)o3)nn2)ccn1)c1ccccc1. The Morgan fingerprint density at radius 2 is 1.94 bits per heavy atom. The van der Waals surface area contributed by atoms with Crippen LogP contribution in [0.4, 0.5) is 0 Å². The van der Waals surface area contributed by atoms with Gasteiger partial charge in [-0.15, -0.1) is 5.10 Å². The molecule has 1 atom stereocenters. The lowest BCUT2D eigenvalue weighted by Gasteiger charge is -2.22. The van der Waals surface area contributed by atoms with Crippen LogP contribution in [0.2, 0.25) is 0 Å². The van der Waals surface area contributed by atoms with Crippen LogP contribution in [0.1, 0.15) is 38.4 Å². The van der Waals surface area contributed by atoms with Crippen LogP contribution in [-0.2, 0) is 6.54 Å². The summed E-state index contributed by atoms with van der Waals surface area (Å²) in [4.78, 5) is 30.2. The fourth-order valence-corrected chi connectivity index (χ4v) is 3.48. The summed E-state index contributed by atoms with van der Waals surface area (Å²) in [6, 6.07) is 16.0. The molecule has 0 fully saturated rings. The van der Waals surface area contributed by atoms with Gasteiger partial charge in [0.05, 0.1) is 12.2 Å². The molecule has 0 spiro atoms. The first-order valence-corrected chi connectivity index (χ1v) is 10.6. The Hall–Kier alpha value is -4.31. The summed E-state index contributed by atoms with van der Waals surface area (Å²) >= 11 is 0. The molecule has 34 heavy (non-hydrogen) atoms. The lowest BCUT2D eigenvalue weighted by Crippen LogP contribution is -2.35. The molecular weight excluding hydrogens is 436 g/mol. The van der Waals surface area contributed by atoms with Gasteiger partial charge in [0.15, 0.2) is 0 Å². The number of nitrogens with one attached hydrogen (secondary N) is 1. The van der Waals surface area contributed by atoms with Crippen LogP contribution in [0.15, 0.2) is 71.4 Å². The summed E-state index contributed by atoms with van der Waals surface area (Å²) in [5, 5.41) is 20.3. The van der Waals surface area contributed by atoms with E-state index < -0.39 is 5.97 Å². The Morgan fingerprint density at radius 3 is 2.65 bits per heavy atom. The zero-order chi connectivity index (χ0) is 24.1. The molecular formula is C24H24N6O4. The van der Waals surface area contributed by atoms with E-state index in [1.807, 2.05) is 49.3 Å². The number of pyridine rings is 1. The van der Waals surface area contributed by atoms with E-state index in [2.05, 4.69) is 20.6 Å². The summed E-state index contributed by atoms with van der Waals surface area (Å²) in [6.07, 6.45) is 3.25. The van der Waals surface area contributed by atoms with E-state index in [0.717, 1.165) is 5.56 Å². The summed E-state index contributed by atoms with van der Waals surface area (Å²) in [5.41, 5.74) is 2.51. The van der Waals surface area contributed by atoms with Crippen molar-refractivity contribution in [2.24, 2.45) is 0 Å². The van der Waals surface area contributed by atoms with Crippen LogP contribution in [0.25, 0.3) is 11.3 Å². The number of nitrogens with zero attached hydrogens (tertiary/aromatic N) is 5. The van der Waals surface area contributed by atoms with Crippen molar-refractivity contribution in [1.29, 1.82) is 0 Å². The van der Waals surface area contributed by atoms with Crippen LogP contribution >= 0.6 is 0 Å². The van der Waals surface area contributed by atoms with Crippen molar-refractivity contribution in [2.45, 2.75) is 12.6 Å². The first-order chi connectivity index (χ1) is 16.4. The van der Waals surface area contributed by atoms with Gasteiger partial charge in [-0.2, -0.15) is 0 Å². The van der Waals surface area contributed by atoms with Crippen LogP contribution in [-0.4, -0.2) is 62.5 Å². The van der Waals surface area contributed by atoms with Crippen LogP contribution in [0.5, 0.6) is 0 Å². The molecule has 0 unspecified atom stereocenters. The van der Waals surface area contributed by atoms with Gasteiger partial charge in [0.25, 0.3) is 5.91 Å². The molecule has 0 aliphatic carbocycles. The van der Waals surface area contributed by atoms with E-state index in [9.17, 15) is 9.59 Å². The monoisotopic (exact) mass is 460 g/mol. The van der Waals surface area contributed by atoms with Crippen molar-refractivity contribution in [1.82, 2.24) is 30.2 Å².